The second-order valence-electron chi connectivity index (χ2n) is 20.4. The quantitative estimate of drug-likeness (QED) is 0.0490. The number of unbranched alkanes of at least 4 members (excludes halogenated alkanes) is 3. The van der Waals surface area contributed by atoms with Gasteiger partial charge in [0.2, 0.25) is 17.7 Å². The first kappa shape index (κ1) is 53.6. The van der Waals surface area contributed by atoms with Crippen LogP contribution in [0.2, 0.25) is 0 Å². The Bertz CT molecular complexity index is 1910. The van der Waals surface area contributed by atoms with Crippen LogP contribution in [-0.2, 0) is 35.1 Å². The standard InChI is InChI=1S/C54H83N5O8/c1-10-37(5)50(47(65-8)33-48(62)59-27-18-21-45(59)52(66-9)38(6)46(61)30-36(4)29-39-19-14-13-15-20-39)57(7)54(64)49(35(2)3)56-53(63)51-40-22-24-42(31-40)58(51)26-16-11-12-17-28-67-43-25-23-41(34-60)44(55)32-43/h13-15,19-20,23,25,32,34-38,40,42,45,47,49-52H,10-12,16-18,21-22,24,26-31,33,55H2,1-9H3,(H,56,63)/t36-,37+,38+,40+,42+,45+,47-,49+,50+,51+,52-/m1/s1. The Labute approximate surface area is 401 Å². The number of Topliss-reactive ketones (excluding diaryl/α,β-unsaturated/α-hetero) is 1. The lowest BCUT2D eigenvalue weighted by Crippen LogP contribution is -2.60. The number of amides is 3. The number of rotatable bonds is 28. The van der Waals surface area contributed by atoms with Gasteiger partial charge in [-0.05, 0) is 99.3 Å². The van der Waals surface area contributed by atoms with Crippen LogP contribution in [0.3, 0.4) is 0 Å². The molecule has 372 valence electrons. The number of hydrogen-bond acceptors (Lipinski definition) is 10. The predicted octanol–water partition coefficient (Wildman–Crippen LogP) is 7.77. The molecule has 67 heavy (non-hydrogen) atoms. The summed E-state index contributed by atoms with van der Waals surface area (Å²) in [5, 5.41) is 3.25. The van der Waals surface area contributed by atoms with Crippen molar-refractivity contribution in [2.24, 2.45) is 29.6 Å². The fourth-order valence-corrected chi connectivity index (χ4v) is 11.4. The van der Waals surface area contributed by atoms with E-state index in [0.29, 0.717) is 42.6 Å². The van der Waals surface area contributed by atoms with Gasteiger partial charge in [-0.15, -0.1) is 0 Å². The number of aldehydes is 1. The molecule has 2 saturated heterocycles. The highest BCUT2D eigenvalue weighted by atomic mass is 16.5. The summed E-state index contributed by atoms with van der Waals surface area (Å²) < 4.78 is 18.1. The third-order valence-corrected chi connectivity index (χ3v) is 15.3. The first-order chi connectivity index (χ1) is 32.1. The fraction of sp³-hybridized carbons (Fsp3) is 0.685. The Hall–Kier alpha value is -4.33. The molecule has 13 nitrogen and oxygen atoms in total. The Kier molecular flexibility index (Phi) is 20.7. The highest BCUT2D eigenvalue weighted by Crippen LogP contribution is 2.43. The first-order valence-corrected chi connectivity index (χ1v) is 25.4. The van der Waals surface area contributed by atoms with Crippen LogP contribution >= 0.6 is 0 Å². The van der Waals surface area contributed by atoms with Crippen molar-refractivity contribution in [3.05, 3.63) is 59.7 Å². The van der Waals surface area contributed by atoms with Crippen molar-refractivity contribution in [1.29, 1.82) is 0 Å². The van der Waals surface area contributed by atoms with Crippen molar-refractivity contribution in [3.63, 3.8) is 0 Å². The molecule has 0 unspecified atom stereocenters. The van der Waals surface area contributed by atoms with Crippen molar-refractivity contribution in [2.45, 2.75) is 167 Å². The van der Waals surface area contributed by atoms with Crippen molar-refractivity contribution in [2.75, 3.05) is 46.7 Å². The number of piperidine rings is 1. The van der Waals surface area contributed by atoms with Crippen LogP contribution in [0.1, 0.15) is 135 Å². The maximum absolute atomic E-state index is 14.7. The number of nitrogens with two attached hydrogens (primary N) is 1. The lowest BCUT2D eigenvalue weighted by molar-refractivity contribution is -0.148. The molecule has 3 amide bonds. The van der Waals surface area contributed by atoms with Crippen LogP contribution in [0.4, 0.5) is 5.69 Å². The number of likely N-dealkylation sites (tertiary alicyclic amines) is 2. The molecular formula is C54H83N5O8. The Morgan fingerprint density at radius 2 is 1.66 bits per heavy atom. The van der Waals surface area contributed by atoms with Crippen LogP contribution in [0.5, 0.6) is 5.75 Å². The lowest BCUT2D eigenvalue weighted by atomic mass is 9.86. The van der Waals surface area contributed by atoms with Crippen LogP contribution in [-0.4, -0.2) is 128 Å². The molecule has 2 heterocycles. The number of carbonyl (C=O) groups is 5. The molecule has 2 aromatic carbocycles. The summed E-state index contributed by atoms with van der Waals surface area (Å²) in [6.45, 7) is 14.1. The molecule has 2 bridgehead atoms. The van der Waals surface area contributed by atoms with E-state index in [9.17, 15) is 24.0 Å². The highest BCUT2D eigenvalue weighted by molar-refractivity contribution is 5.91. The number of nitrogen functional groups attached to an aromatic ring is 1. The third kappa shape index (κ3) is 13.9. The van der Waals surface area contributed by atoms with Crippen LogP contribution in [0, 0.1) is 29.6 Å². The zero-order valence-corrected chi connectivity index (χ0v) is 42.1. The largest absolute Gasteiger partial charge is 0.494 e. The van der Waals surface area contributed by atoms with Gasteiger partial charge < -0.3 is 35.1 Å². The van der Waals surface area contributed by atoms with Gasteiger partial charge in [0.15, 0.2) is 6.29 Å². The normalized spacial score (nSPS) is 22.4. The van der Waals surface area contributed by atoms with Gasteiger partial charge >= 0.3 is 0 Å². The minimum atomic E-state index is -0.747. The van der Waals surface area contributed by atoms with Gasteiger partial charge in [0.25, 0.3) is 0 Å². The number of carbonyl (C=O) groups excluding carboxylic acids is 5. The summed E-state index contributed by atoms with van der Waals surface area (Å²) >= 11 is 0. The van der Waals surface area contributed by atoms with E-state index in [4.69, 9.17) is 19.9 Å². The molecule has 0 aromatic heterocycles. The number of nitrogens with zero attached hydrogens (tertiary/aromatic N) is 3. The molecule has 3 N–H and O–H groups in total. The van der Waals surface area contributed by atoms with Gasteiger partial charge in [0, 0.05) is 63.5 Å². The van der Waals surface area contributed by atoms with Crippen molar-refractivity contribution >= 4 is 35.5 Å². The third-order valence-electron chi connectivity index (χ3n) is 15.3. The molecule has 13 heteroatoms. The number of ketones is 1. The molecule has 5 rings (SSSR count). The van der Waals surface area contributed by atoms with E-state index in [2.05, 4.69) is 43.1 Å². The van der Waals surface area contributed by atoms with E-state index in [1.165, 1.54) is 5.56 Å². The summed E-state index contributed by atoms with van der Waals surface area (Å²) in [6, 6.07) is 14.0. The number of likely N-dealkylation sites (N-methyl/N-ethyl adjacent to an activating group) is 1. The maximum atomic E-state index is 14.7. The molecule has 1 saturated carbocycles. The topological polar surface area (TPSA) is 161 Å². The van der Waals surface area contributed by atoms with Crippen LogP contribution in [0.25, 0.3) is 0 Å². The smallest absolute Gasteiger partial charge is 0.245 e. The van der Waals surface area contributed by atoms with Gasteiger partial charge in [-0.2, -0.15) is 0 Å². The molecule has 2 aromatic rings. The van der Waals surface area contributed by atoms with Gasteiger partial charge in [-0.25, -0.2) is 0 Å². The van der Waals surface area contributed by atoms with Crippen LogP contribution < -0.4 is 15.8 Å². The SMILES string of the molecule is CC[C@H](C)[C@@H]([C@@H](CC(=O)N1CCC[C@H]1[C@H](OC)[C@@H](C)C(=O)C[C@H](C)Cc1ccccc1)OC)N(C)C(=O)[C@@H](NC(=O)[C@@H]1[C@H]2CC[C@@H](C2)N1CCCCCCOc1ccc(C=O)c(N)c1)C(C)C. The number of benzene rings is 2. The van der Waals surface area contributed by atoms with Gasteiger partial charge in [0.05, 0.1) is 43.4 Å². The summed E-state index contributed by atoms with van der Waals surface area (Å²) in [6.07, 6.45) is 10.3. The average Bonchev–Trinajstić information content (AvgIpc) is 4.08. The fourth-order valence-electron chi connectivity index (χ4n) is 11.4. The van der Waals surface area contributed by atoms with E-state index < -0.39 is 24.3 Å². The van der Waals surface area contributed by atoms with Crippen molar-refractivity contribution in [1.82, 2.24) is 20.0 Å². The predicted molar refractivity (Wildman–Crippen MR) is 264 cm³/mol. The van der Waals surface area contributed by atoms with E-state index in [0.717, 1.165) is 83.5 Å². The molecule has 0 radical (unpaired) electrons. The lowest BCUT2D eigenvalue weighted by Gasteiger charge is -2.41. The number of hydrogen-bond donors (Lipinski definition) is 2. The van der Waals surface area contributed by atoms with E-state index in [-0.39, 0.29) is 71.6 Å². The zero-order valence-electron chi connectivity index (χ0n) is 42.1. The Morgan fingerprint density at radius 1 is 0.925 bits per heavy atom. The van der Waals surface area contributed by atoms with Crippen LogP contribution in [0.15, 0.2) is 48.5 Å². The molecule has 3 aliphatic rings. The number of nitrogens with one attached hydrogen (secondary N) is 1. The molecule has 11 atom stereocenters. The van der Waals surface area contributed by atoms with Crippen molar-refractivity contribution in [3.8, 4) is 5.75 Å². The number of ether oxygens (including phenoxy) is 3. The van der Waals surface area contributed by atoms with Gasteiger partial charge in [0.1, 0.15) is 17.6 Å². The van der Waals surface area contributed by atoms with Gasteiger partial charge in [-0.1, -0.05) is 91.1 Å². The minimum absolute atomic E-state index is 0.00629. The minimum Gasteiger partial charge on any atom is -0.494 e. The average molecular weight is 930 g/mol. The molecule has 0 spiro atoms. The molecule has 1 aliphatic carbocycles. The second kappa shape index (κ2) is 25.9. The summed E-state index contributed by atoms with van der Waals surface area (Å²) in [5.74, 6) is 0.341. The number of anilines is 1. The second-order valence-corrected chi connectivity index (χ2v) is 20.4. The summed E-state index contributed by atoms with van der Waals surface area (Å²) in [5.41, 5.74) is 7.99. The zero-order chi connectivity index (χ0) is 48.8. The first-order valence-electron chi connectivity index (χ1n) is 25.4. The van der Waals surface area contributed by atoms with Crippen molar-refractivity contribution < 1.29 is 38.2 Å². The van der Waals surface area contributed by atoms with Gasteiger partial charge in [-0.3, -0.25) is 28.9 Å². The number of methoxy groups -OCH3 is 2. The monoisotopic (exact) mass is 930 g/mol. The summed E-state index contributed by atoms with van der Waals surface area (Å²) in [4.78, 5) is 74.2. The van der Waals surface area contributed by atoms with E-state index in [1.807, 2.05) is 43.9 Å². The van der Waals surface area contributed by atoms with E-state index >= 15 is 0 Å². The summed E-state index contributed by atoms with van der Waals surface area (Å²) in [7, 11) is 5.03. The molecule has 2 aliphatic heterocycles. The highest BCUT2D eigenvalue weighted by Gasteiger charge is 2.50. The number of fused-ring (bicyclic) bond motifs is 2. The Balaban J connectivity index is 1.17. The molecular weight excluding hydrogens is 847 g/mol. The maximum Gasteiger partial charge on any atom is 0.245 e. The molecule has 3 fully saturated rings. The van der Waals surface area contributed by atoms with E-state index in [1.54, 1.807) is 44.4 Å². The Morgan fingerprint density at radius 3 is 2.31 bits per heavy atom.